The summed E-state index contributed by atoms with van der Waals surface area (Å²) < 4.78 is 42.5. The molecule has 136 valence electrons. The van der Waals surface area contributed by atoms with Crippen LogP contribution in [0.3, 0.4) is 0 Å². The zero-order chi connectivity index (χ0) is 18.7. The number of pyridine rings is 1. The molecule has 0 radical (unpaired) electrons. The first-order chi connectivity index (χ1) is 12.3. The van der Waals surface area contributed by atoms with Crippen molar-refractivity contribution in [2.24, 2.45) is 0 Å². The first kappa shape index (κ1) is 18.5. The zero-order valence-corrected chi connectivity index (χ0v) is 14.7. The van der Waals surface area contributed by atoms with Gasteiger partial charge in [0.2, 0.25) is 5.88 Å². The normalized spacial score (nSPS) is 11.5. The van der Waals surface area contributed by atoms with Crippen LogP contribution in [0.1, 0.15) is 15.2 Å². The van der Waals surface area contributed by atoms with Gasteiger partial charge in [-0.25, -0.2) is 4.98 Å². The van der Waals surface area contributed by atoms with Crippen molar-refractivity contribution in [3.8, 4) is 5.88 Å². The molecule has 0 bridgehead atoms. The van der Waals surface area contributed by atoms with Crippen LogP contribution in [0.5, 0.6) is 5.88 Å². The number of carbonyl (C=O) groups is 1. The molecular formula is C17H12ClF3N2O2S. The third-order valence-corrected chi connectivity index (χ3v) is 5.08. The van der Waals surface area contributed by atoms with Gasteiger partial charge in [0.05, 0.1) is 5.02 Å². The summed E-state index contributed by atoms with van der Waals surface area (Å²) in [7, 11) is 0. The standard InChI is InChI=1S/C17H12ClF3N2O2S/c18-13-11-5-1-2-6-12(11)26-14(13)15(24)23-8-10-4-3-7-22-16(10)25-9-17(19,20)21/h1-7H,8-9H2,(H,23,24). The Balaban J connectivity index is 1.72. The number of nitrogens with one attached hydrogen (secondary N) is 1. The van der Waals surface area contributed by atoms with E-state index < -0.39 is 18.7 Å². The van der Waals surface area contributed by atoms with Gasteiger partial charge in [0.25, 0.3) is 5.91 Å². The Morgan fingerprint density at radius 3 is 2.73 bits per heavy atom. The zero-order valence-electron chi connectivity index (χ0n) is 13.1. The number of benzene rings is 1. The van der Waals surface area contributed by atoms with Gasteiger partial charge in [-0.3, -0.25) is 4.79 Å². The molecule has 1 aromatic carbocycles. The van der Waals surface area contributed by atoms with Crippen LogP contribution in [0.4, 0.5) is 13.2 Å². The Hall–Kier alpha value is -2.32. The molecular weight excluding hydrogens is 389 g/mol. The Morgan fingerprint density at radius 1 is 1.23 bits per heavy atom. The molecule has 0 saturated carbocycles. The number of halogens is 4. The van der Waals surface area contributed by atoms with E-state index in [2.05, 4.69) is 10.3 Å². The number of alkyl halides is 3. The number of fused-ring (bicyclic) bond motifs is 1. The highest BCUT2D eigenvalue weighted by Crippen LogP contribution is 2.35. The molecule has 1 amide bonds. The van der Waals surface area contributed by atoms with Crippen LogP contribution in [-0.2, 0) is 6.54 Å². The van der Waals surface area contributed by atoms with E-state index in [1.54, 1.807) is 6.07 Å². The van der Waals surface area contributed by atoms with Crippen molar-refractivity contribution in [1.29, 1.82) is 0 Å². The summed E-state index contributed by atoms with van der Waals surface area (Å²) >= 11 is 7.50. The van der Waals surface area contributed by atoms with Crippen LogP contribution in [0.15, 0.2) is 42.6 Å². The summed E-state index contributed by atoms with van der Waals surface area (Å²) in [6.07, 6.45) is -3.15. The molecule has 0 fully saturated rings. The third-order valence-electron chi connectivity index (χ3n) is 3.40. The van der Waals surface area contributed by atoms with E-state index in [0.717, 1.165) is 10.1 Å². The molecule has 9 heteroatoms. The van der Waals surface area contributed by atoms with Crippen molar-refractivity contribution in [3.05, 3.63) is 58.1 Å². The predicted molar refractivity (Wildman–Crippen MR) is 93.8 cm³/mol. The van der Waals surface area contributed by atoms with E-state index in [9.17, 15) is 18.0 Å². The molecule has 1 N–H and O–H groups in total. The maximum Gasteiger partial charge on any atom is 0.422 e. The number of aromatic nitrogens is 1. The fraction of sp³-hybridized carbons (Fsp3) is 0.176. The molecule has 3 aromatic rings. The predicted octanol–water partition coefficient (Wildman–Crippen LogP) is 4.82. The summed E-state index contributed by atoms with van der Waals surface area (Å²) in [4.78, 5) is 16.5. The highest BCUT2D eigenvalue weighted by atomic mass is 35.5. The fourth-order valence-electron chi connectivity index (χ4n) is 2.25. The quantitative estimate of drug-likeness (QED) is 0.668. The molecule has 2 heterocycles. The minimum atomic E-state index is -4.47. The van der Waals surface area contributed by atoms with Crippen LogP contribution < -0.4 is 10.1 Å². The number of nitrogens with zero attached hydrogens (tertiary/aromatic N) is 1. The highest BCUT2D eigenvalue weighted by molar-refractivity contribution is 7.21. The number of hydrogen-bond acceptors (Lipinski definition) is 4. The molecule has 26 heavy (non-hydrogen) atoms. The summed E-state index contributed by atoms with van der Waals surface area (Å²) in [6, 6.07) is 10.4. The Bertz CT molecular complexity index is 943. The number of thiophene rings is 1. The van der Waals surface area contributed by atoms with Crippen molar-refractivity contribution < 1.29 is 22.7 Å². The van der Waals surface area contributed by atoms with Crippen LogP contribution in [0, 0.1) is 0 Å². The van der Waals surface area contributed by atoms with Crippen LogP contribution in [0.2, 0.25) is 5.02 Å². The number of hydrogen-bond donors (Lipinski definition) is 1. The van der Waals surface area contributed by atoms with Gasteiger partial charge in [-0.15, -0.1) is 11.3 Å². The first-order valence-corrected chi connectivity index (χ1v) is 8.63. The lowest BCUT2D eigenvalue weighted by molar-refractivity contribution is -0.154. The molecule has 0 unspecified atom stereocenters. The average molecular weight is 401 g/mol. The van der Waals surface area contributed by atoms with E-state index in [0.29, 0.717) is 15.5 Å². The molecule has 0 saturated heterocycles. The third kappa shape index (κ3) is 4.25. The SMILES string of the molecule is O=C(NCc1cccnc1OCC(F)(F)F)c1sc2ccccc2c1Cl. The van der Waals surface area contributed by atoms with Gasteiger partial charge >= 0.3 is 6.18 Å². The van der Waals surface area contributed by atoms with Crippen molar-refractivity contribution in [2.45, 2.75) is 12.7 Å². The lowest BCUT2D eigenvalue weighted by atomic mass is 10.2. The minimum absolute atomic E-state index is 0.0373. The Morgan fingerprint density at radius 2 is 2.00 bits per heavy atom. The Kier molecular flexibility index (Phi) is 5.33. The van der Waals surface area contributed by atoms with Crippen LogP contribution in [0.25, 0.3) is 10.1 Å². The van der Waals surface area contributed by atoms with Gasteiger partial charge in [-0.2, -0.15) is 13.2 Å². The summed E-state index contributed by atoms with van der Waals surface area (Å²) in [5, 5.41) is 3.77. The van der Waals surface area contributed by atoms with E-state index in [1.807, 2.05) is 24.3 Å². The molecule has 0 atom stereocenters. The highest BCUT2D eigenvalue weighted by Gasteiger charge is 2.29. The second-order valence-electron chi connectivity index (χ2n) is 5.30. The van der Waals surface area contributed by atoms with Crippen LogP contribution in [-0.4, -0.2) is 23.7 Å². The monoisotopic (exact) mass is 400 g/mol. The summed E-state index contributed by atoms with van der Waals surface area (Å²) in [5.74, 6) is -0.589. The molecule has 4 nitrogen and oxygen atoms in total. The van der Waals surface area contributed by atoms with Gasteiger partial charge in [-0.05, 0) is 12.1 Å². The summed E-state index contributed by atoms with van der Waals surface area (Å²) in [5.41, 5.74) is 0.335. The second kappa shape index (κ2) is 7.51. The first-order valence-electron chi connectivity index (χ1n) is 7.44. The van der Waals surface area contributed by atoms with E-state index in [-0.39, 0.29) is 12.4 Å². The smallest absolute Gasteiger partial charge is 0.422 e. The summed E-state index contributed by atoms with van der Waals surface area (Å²) in [6.45, 7) is -1.49. The van der Waals surface area contributed by atoms with Crippen molar-refractivity contribution in [1.82, 2.24) is 10.3 Å². The number of ether oxygens (including phenoxy) is 1. The number of rotatable bonds is 5. The molecule has 0 aliphatic heterocycles. The van der Waals surface area contributed by atoms with Gasteiger partial charge in [-0.1, -0.05) is 35.9 Å². The van der Waals surface area contributed by atoms with Crippen LogP contribution >= 0.6 is 22.9 Å². The lowest BCUT2D eigenvalue weighted by Crippen LogP contribution is -2.24. The molecule has 0 aliphatic carbocycles. The largest absolute Gasteiger partial charge is 0.468 e. The molecule has 0 aliphatic rings. The Labute approximate surface area is 155 Å². The van der Waals surface area contributed by atoms with E-state index >= 15 is 0 Å². The minimum Gasteiger partial charge on any atom is -0.468 e. The van der Waals surface area contributed by atoms with E-state index in [1.165, 1.54) is 23.6 Å². The topological polar surface area (TPSA) is 51.2 Å². The fourth-order valence-corrected chi connectivity index (χ4v) is 3.69. The lowest BCUT2D eigenvalue weighted by Gasteiger charge is -2.12. The van der Waals surface area contributed by atoms with Gasteiger partial charge in [0.15, 0.2) is 6.61 Å². The van der Waals surface area contributed by atoms with Crippen molar-refractivity contribution in [3.63, 3.8) is 0 Å². The number of carbonyl (C=O) groups excluding carboxylic acids is 1. The molecule has 0 spiro atoms. The maximum absolute atomic E-state index is 12.4. The van der Waals surface area contributed by atoms with Gasteiger partial charge in [0.1, 0.15) is 4.88 Å². The van der Waals surface area contributed by atoms with Crippen molar-refractivity contribution >= 4 is 38.9 Å². The molecule has 3 rings (SSSR count). The van der Waals surface area contributed by atoms with E-state index in [4.69, 9.17) is 16.3 Å². The average Bonchev–Trinajstić information content (AvgIpc) is 2.95. The van der Waals surface area contributed by atoms with Gasteiger partial charge < -0.3 is 10.1 Å². The van der Waals surface area contributed by atoms with Gasteiger partial charge in [0, 0.05) is 28.4 Å². The maximum atomic E-state index is 12.4. The second-order valence-corrected chi connectivity index (χ2v) is 6.73. The van der Waals surface area contributed by atoms with Crippen molar-refractivity contribution in [2.75, 3.05) is 6.61 Å². The number of amides is 1. The molecule has 2 aromatic heterocycles.